The molecule has 52 valence electrons. The summed E-state index contributed by atoms with van der Waals surface area (Å²) < 4.78 is 8.70. The standard InChI is InChI=1S/C3H7I4N/c1-6-3(2-4)7(5)8/h2,8H2,1H3. The molecule has 0 aliphatic rings. The molecule has 0 amide bonds. The first-order chi connectivity index (χ1) is 3.72. The Kier molecular flexibility index (Phi) is 8.68. The van der Waals surface area contributed by atoms with Crippen LogP contribution in [0.3, 0.4) is 0 Å². The van der Waals surface area contributed by atoms with Gasteiger partial charge in [0.15, 0.2) is 0 Å². The fraction of sp³-hybridized carbons (Fsp3) is 0.667. The van der Waals surface area contributed by atoms with Gasteiger partial charge < -0.3 is 0 Å². The maximum absolute atomic E-state index is 5.79. The van der Waals surface area contributed by atoms with E-state index in [1.54, 1.807) is 1.52 Å². The van der Waals surface area contributed by atoms with E-state index in [1.807, 2.05) is 0 Å². The number of rotatable bonds is 2. The third-order valence-corrected chi connectivity index (χ3v) is 21.5. The third-order valence-electron chi connectivity index (χ3n) is 0.502. The molecule has 1 nitrogen and oxygen atoms in total. The van der Waals surface area contributed by atoms with E-state index in [9.17, 15) is 0 Å². The average Bonchev–Trinajstić information content (AvgIpc) is 1.69. The van der Waals surface area contributed by atoms with Crippen LogP contribution in [0.1, 0.15) is 0 Å². The summed E-state index contributed by atoms with van der Waals surface area (Å²) >= 11 is 4.18. The van der Waals surface area contributed by atoms with Crippen LogP contribution in [0.2, 0.25) is 0 Å². The van der Waals surface area contributed by atoms with Crippen molar-refractivity contribution in [3.05, 3.63) is 0 Å². The van der Waals surface area contributed by atoms with Crippen LogP contribution in [-0.4, -0.2) is 10.9 Å². The molecule has 8 heavy (non-hydrogen) atoms. The number of nitrogens with two attached hydrogens (primary N) is 1. The number of hydrogen-bond donors (Lipinski definition) is 1. The van der Waals surface area contributed by atoms with E-state index < -0.39 is 16.1 Å². The fourth-order valence-electron chi connectivity index (χ4n) is 0.167. The molecular formula is C3H7I4N. The molecule has 0 aliphatic carbocycles. The van der Waals surface area contributed by atoms with E-state index in [2.05, 4.69) is 46.1 Å². The second kappa shape index (κ2) is 6.46. The summed E-state index contributed by atoms with van der Waals surface area (Å²) in [5.74, 6) is 0. The van der Waals surface area contributed by atoms with Crippen LogP contribution >= 0.6 is 78.1 Å². The normalized spacial score (nSPS) is 15.0. The summed E-state index contributed by atoms with van der Waals surface area (Å²) in [6.45, 7) is 0. The van der Waals surface area contributed by atoms with Crippen LogP contribution in [0.25, 0.3) is 0 Å². The van der Waals surface area contributed by atoms with E-state index in [-0.39, 0.29) is 0 Å². The molecule has 0 heterocycles. The molecule has 0 fully saturated rings. The van der Waals surface area contributed by atoms with Crippen LogP contribution in [0.4, 0.5) is 0 Å². The molecule has 0 saturated carbocycles. The van der Waals surface area contributed by atoms with E-state index in [0.717, 1.165) is 0 Å². The first-order valence-electron chi connectivity index (χ1n) is 1.74. The zero-order valence-corrected chi connectivity index (χ0v) is 12.9. The van der Waals surface area contributed by atoms with Crippen molar-refractivity contribution in [3.8, 4) is 0 Å². The summed E-state index contributed by atoms with van der Waals surface area (Å²) in [6.07, 6.45) is 0. The molecule has 0 atom stereocenters. The Morgan fingerprint density at radius 2 is 2.38 bits per heavy atom. The van der Waals surface area contributed by atoms with E-state index >= 15 is 0 Å². The van der Waals surface area contributed by atoms with Crippen LogP contribution in [0.5, 0.6) is 0 Å². The van der Waals surface area contributed by atoms with Gasteiger partial charge in [0.25, 0.3) is 0 Å². The molecule has 5 heteroatoms. The van der Waals surface area contributed by atoms with E-state index in [0.29, 0.717) is 20.7 Å². The minimum atomic E-state index is -1.01. The predicted octanol–water partition coefficient (Wildman–Crippen LogP) is 2.88. The SMILES string of the molecule is CI=C(CI)I(N)I. The fourth-order valence-corrected chi connectivity index (χ4v) is 19.4. The summed E-state index contributed by atoms with van der Waals surface area (Å²) in [7, 11) is 0. The van der Waals surface area contributed by atoms with Gasteiger partial charge in [0, 0.05) is 0 Å². The average molecular weight is 565 g/mol. The Morgan fingerprint density at radius 1 is 1.88 bits per heavy atom. The van der Waals surface area contributed by atoms with Crippen molar-refractivity contribution in [2.45, 2.75) is 0 Å². The summed E-state index contributed by atoms with van der Waals surface area (Å²) in [5, 5.41) is 0. The van der Waals surface area contributed by atoms with Crippen molar-refractivity contribution < 1.29 is 0 Å². The van der Waals surface area contributed by atoms with Gasteiger partial charge in [-0.05, 0) is 0 Å². The van der Waals surface area contributed by atoms with Gasteiger partial charge in [-0.1, -0.05) is 0 Å². The minimum absolute atomic E-state index is 0.347. The molecule has 0 bridgehead atoms. The van der Waals surface area contributed by atoms with Crippen molar-refractivity contribution >= 4 is 79.6 Å². The Balaban J connectivity index is 3.72. The Morgan fingerprint density at radius 3 is 2.38 bits per heavy atom. The van der Waals surface area contributed by atoms with Crippen molar-refractivity contribution in [1.29, 1.82) is 0 Å². The quantitative estimate of drug-likeness (QED) is 0.312. The second-order valence-electron chi connectivity index (χ2n) is 0.924. The number of alkyl halides is 2. The molecule has 0 rings (SSSR count). The van der Waals surface area contributed by atoms with Gasteiger partial charge in [0.2, 0.25) is 0 Å². The van der Waals surface area contributed by atoms with Gasteiger partial charge in [-0.3, -0.25) is 0 Å². The molecule has 0 aromatic carbocycles. The third kappa shape index (κ3) is 4.55. The van der Waals surface area contributed by atoms with Crippen molar-refractivity contribution in [3.63, 3.8) is 0 Å². The topological polar surface area (TPSA) is 26.0 Å². The summed E-state index contributed by atoms with van der Waals surface area (Å²) in [5.41, 5.74) is 0. The van der Waals surface area contributed by atoms with Crippen molar-refractivity contribution in [2.75, 3.05) is 9.36 Å². The zero-order valence-electron chi connectivity index (χ0n) is 4.30. The monoisotopic (exact) mass is 565 g/mol. The Labute approximate surface area is 90.7 Å². The molecule has 0 radical (unpaired) electrons. The maximum atomic E-state index is 5.79. The zero-order chi connectivity index (χ0) is 6.57. The molecule has 0 unspecified atom stereocenters. The van der Waals surface area contributed by atoms with Gasteiger partial charge in [0.05, 0.1) is 0 Å². The molecule has 0 spiro atoms. The van der Waals surface area contributed by atoms with Crippen LogP contribution in [-0.2, 0) is 0 Å². The first-order valence-corrected chi connectivity index (χ1v) is 15.1. The summed E-state index contributed by atoms with van der Waals surface area (Å²) in [6, 6.07) is 0. The summed E-state index contributed by atoms with van der Waals surface area (Å²) in [4.78, 5) is 2.29. The van der Waals surface area contributed by atoms with Crippen LogP contribution in [0, 0.1) is 0 Å². The van der Waals surface area contributed by atoms with Crippen LogP contribution in [0.15, 0.2) is 0 Å². The van der Waals surface area contributed by atoms with Gasteiger partial charge in [0.1, 0.15) is 0 Å². The molecule has 2 N–H and O–H groups in total. The Bertz CT molecular complexity index is 89.3. The van der Waals surface area contributed by atoms with Gasteiger partial charge in [-0.25, -0.2) is 0 Å². The number of hydrogen-bond acceptors (Lipinski definition) is 1. The van der Waals surface area contributed by atoms with Crippen molar-refractivity contribution in [1.82, 2.24) is 0 Å². The second-order valence-corrected chi connectivity index (χ2v) is 14.8. The number of halogens is 4. The first kappa shape index (κ1) is 10.8. The molecule has 0 aromatic rings. The van der Waals surface area contributed by atoms with Crippen molar-refractivity contribution in [2.24, 2.45) is 3.95 Å². The van der Waals surface area contributed by atoms with E-state index in [4.69, 9.17) is 3.95 Å². The Hall–Kier alpha value is 2.75. The van der Waals surface area contributed by atoms with Gasteiger partial charge in [-0.2, -0.15) is 0 Å². The predicted molar refractivity (Wildman–Crippen MR) is 76.1 cm³/mol. The molecule has 0 saturated heterocycles. The molecular weight excluding hydrogens is 558 g/mol. The van der Waals surface area contributed by atoms with Crippen LogP contribution < -0.4 is 3.95 Å². The van der Waals surface area contributed by atoms with Gasteiger partial charge >= 0.3 is 92.9 Å². The molecule has 0 aliphatic heterocycles. The van der Waals surface area contributed by atoms with Gasteiger partial charge in [-0.15, -0.1) is 0 Å². The molecule has 0 aromatic heterocycles. The van der Waals surface area contributed by atoms with E-state index in [1.165, 1.54) is 4.43 Å².